The number of thiocarbonyl (C=S) groups is 1. The van der Waals surface area contributed by atoms with Gasteiger partial charge in [0, 0.05) is 32.7 Å². The third kappa shape index (κ3) is 3.22. The maximum absolute atomic E-state index is 5.70. The van der Waals surface area contributed by atoms with Gasteiger partial charge in [0.1, 0.15) is 5.75 Å². The lowest BCUT2D eigenvalue weighted by atomic mass is 10.0. The zero-order valence-electron chi connectivity index (χ0n) is 13.9. The first kappa shape index (κ1) is 17.5. The third-order valence-electron chi connectivity index (χ3n) is 4.31. The summed E-state index contributed by atoms with van der Waals surface area (Å²) in [6.45, 7) is 0. The average Bonchev–Trinajstić information content (AvgIpc) is 3.25. The van der Waals surface area contributed by atoms with Crippen molar-refractivity contribution < 1.29 is 4.74 Å². The van der Waals surface area contributed by atoms with Crippen LogP contribution in [0.15, 0.2) is 64.6 Å². The van der Waals surface area contributed by atoms with Crippen LogP contribution in [0.4, 0.5) is 5.69 Å². The fourth-order valence-corrected chi connectivity index (χ4v) is 5.08. The molecule has 1 fully saturated rings. The molecule has 1 saturated heterocycles. The van der Waals surface area contributed by atoms with Crippen molar-refractivity contribution in [1.82, 2.24) is 10.3 Å². The standard InChI is InChI=1S/C19H16BrN3OS2/c1-24-14-6-4-5-13(10-14)23-18(16-9-12(20)11-26-16)17(22-19(23)25)15-7-2-3-8-21-15/h2-11,17-18H,1H3,(H,22,25). The minimum absolute atomic E-state index is 0.0146. The number of rotatable bonds is 4. The fourth-order valence-electron chi connectivity index (χ4n) is 3.17. The van der Waals surface area contributed by atoms with Crippen molar-refractivity contribution in [3.05, 3.63) is 75.2 Å². The van der Waals surface area contributed by atoms with E-state index in [1.54, 1.807) is 18.4 Å². The van der Waals surface area contributed by atoms with Crippen LogP contribution in [0.1, 0.15) is 22.7 Å². The molecule has 3 heterocycles. The van der Waals surface area contributed by atoms with E-state index in [1.165, 1.54) is 4.88 Å². The first-order valence-corrected chi connectivity index (χ1v) is 10.1. The van der Waals surface area contributed by atoms with E-state index < -0.39 is 0 Å². The van der Waals surface area contributed by atoms with Gasteiger partial charge in [-0.1, -0.05) is 12.1 Å². The summed E-state index contributed by atoms with van der Waals surface area (Å²) in [4.78, 5) is 7.92. The van der Waals surface area contributed by atoms with Gasteiger partial charge < -0.3 is 15.0 Å². The average molecular weight is 446 g/mol. The topological polar surface area (TPSA) is 37.4 Å². The quantitative estimate of drug-likeness (QED) is 0.565. The Kier molecular flexibility index (Phi) is 4.93. The molecule has 0 saturated carbocycles. The van der Waals surface area contributed by atoms with Crippen molar-refractivity contribution in [1.29, 1.82) is 0 Å². The summed E-state index contributed by atoms with van der Waals surface area (Å²) in [5, 5.41) is 6.24. The van der Waals surface area contributed by atoms with Gasteiger partial charge in [-0.2, -0.15) is 0 Å². The van der Waals surface area contributed by atoms with Crippen molar-refractivity contribution in [2.75, 3.05) is 12.0 Å². The number of halogens is 1. The molecule has 4 rings (SSSR count). The summed E-state index contributed by atoms with van der Waals surface area (Å²) < 4.78 is 6.47. The van der Waals surface area contributed by atoms with Gasteiger partial charge in [-0.05, 0) is 58.5 Å². The van der Waals surface area contributed by atoms with Gasteiger partial charge in [-0.25, -0.2) is 0 Å². The predicted molar refractivity (Wildman–Crippen MR) is 113 cm³/mol. The van der Waals surface area contributed by atoms with Gasteiger partial charge in [0.05, 0.1) is 24.9 Å². The van der Waals surface area contributed by atoms with E-state index in [0.29, 0.717) is 5.11 Å². The van der Waals surface area contributed by atoms with Crippen molar-refractivity contribution in [3.63, 3.8) is 0 Å². The van der Waals surface area contributed by atoms with Gasteiger partial charge in [0.15, 0.2) is 5.11 Å². The Hall–Kier alpha value is -1.96. The molecule has 4 nitrogen and oxygen atoms in total. The largest absolute Gasteiger partial charge is 0.497 e. The number of methoxy groups -OCH3 is 1. The number of pyridine rings is 1. The van der Waals surface area contributed by atoms with E-state index in [0.717, 1.165) is 21.6 Å². The predicted octanol–water partition coefficient (Wildman–Crippen LogP) is 5.09. The Bertz CT molecular complexity index is 931. The second kappa shape index (κ2) is 7.34. The monoisotopic (exact) mass is 445 g/mol. The number of hydrogen-bond acceptors (Lipinski definition) is 4. The second-order valence-electron chi connectivity index (χ2n) is 5.87. The van der Waals surface area contributed by atoms with Gasteiger partial charge in [0.25, 0.3) is 0 Å². The molecule has 7 heteroatoms. The number of hydrogen-bond donors (Lipinski definition) is 1. The van der Waals surface area contributed by atoms with E-state index in [1.807, 2.05) is 48.7 Å². The zero-order valence-corrected chi connectivity index (χ0v) is 17.1. The molecule has 3 aromatic rings. The lowest BCUT2D eigenvalue weighted by Gasteiger charge is -2.27. The summed E-state index contributed by atoms with van der Waals surface area (Å²) in [5.41, 5.74) is 1.96. The van der Waals surface area contributed by atoms with Crippen LogP contribution in [0.2, 0.25) is 0 Å². The van der Waals surface area contributed by atoms with E-state index in [2.05, 4.69) is 42.6 Å². The molecule has 0 amide bonds. The maximum Gasteiger partial charge on any atom is 0.174 e. The molecule has 1 aliphatic rings. The maximum atomic E-state index is 5.70. The Balaban J connectivity index is 1.82. The van der Waals surface area contributed by atoms with Crippen LogP contribution in [-0.2, 0) is 0 Å². The molecule has 2 aromatic heterocycles. The van der Waals surface area contributed by atoms with E-state index in [4.69, 9.17) is 17.0 Å². The van der Waals surface area contributed by atoms with Crippen LogP contribution < -0.4 is 15.0 Å². The molecule has 0 spiro atoms. The lowest BCUT2D eigenvalue weighted by molar-refractivity contribution is 0.415. The van der Waals surface area contributed by atoms with Crippen molar-refractivity contribution in [2.45, 2.75) is 12.1 Å². The molecule has 0 aliphatic carbocycles. The minimum atomic E-state index is -0.0274. The van der Waals surface area contributed by atoms with E-state index in [9.17, 15) is 0 Å². The number of ether oxygens (including phenoxy) is 1. The van der Waals surface area contributed by atoms with E-state index in [-0.39, 0.29) is 12.1 Å². The molecule has 1 N–H and O–H groups in total. The Labute approximate surface area is 170 Å². The number of nitrogens with zero attached hydrogens (tertiary/aromatic N) is 2. The SMILES string of the molecule is COc1cccc(N2C(=S)NC(c3ccccn3)C2c2cc(Br)cs2)c1. The highest BCUT2D eigenvalue weighted by molar-refractivity contribution is 9.10. The summed E-state index contributed by atoms with van der Waals surface area (Å²) >= 11 is 11.0. The molecule has 0 bridgehead atoms. The molecular formula is C19H16BrN3OS2. The highest BCUT2D eigenvalue weighted by Crippen LogP contribution is 2.44. The Morgan fingerprint density at radius 2 is 2.12 bits per heavy atom. The first-order valence-electron chi connectivity index (χ1n) is 8.06. The molecule has 2 unspecified atom stereocenters. The van der Waals surface area contributed by atoms with Gasteiger partial charge in [-0.3, -0.25) is 4.98 Å². The Morgan fingerprint density at radius 3 is 2.81 bits per heavy atom. The van der Waals surface area contributed by atoms with Gasteiger partial charge in [0.2, 0.25) is 0 Å². The van der Waals surface area contributed by atoms with Crippen LogP contribution in [-0.4, -0.2) is 17.2 Å². The fraction of sp³-hybridized carbons (Fsp3) is 0.158. The number of thiophene rings is 1. The molecule has 1 aliphatic heterocycles. The summed E-state index contributed by atoms with van der Waals surface area (Å²) in [7, 11) is 1.67. The van der Waals surface area contributed by atoms with E-state index >= 15 is 0 Å². The summed E-state index contributed by atoms with van der Waals surface area (Å²) in [6, 6.07) is 16.1. The highest BCUT2D eigenvalue weighted by atomic mass is 79.9. The molecule has 1 aromatic carbocycles. The number of nitrogens with one attached hydrogen (secondary N) is 1. The van der Waals surface area contributed by atoms with Crippen LogP contribution in [0.3, 0.4) is 0 Å². The van der Waals surface area contributed by atoms with Crippen LogP contribution in [0, 0.1) is 0 Å². The number of benzene rings is 1. The molecule has 0 radical (unpaired) electrons. The number of aromatic nitrogens is 1. The highest BCUT2D eigenvalue weighted by Gasteiger charge is 2.41. The summed E-state index contributed by atoms with van der Waals surface area (Å²) in [5.74, 6) is 0.803. The van der Waals surface area contributed by atoms with Crippen LogP contribution in [0.5, 0.6) is 5.75 Å². The molecular weight excluding hydrogens is 430 g/mol. The van der Waals surface area contributed by atoms with Crippen molar-refractivity contribution in [2.24, 2.45) is 0 Å². The molecule has 26 heavy (non-hydrogen) atoms. The number of anilines is 1. The smallest absolute Gasteiger partial charge is 0.174 e. The van der Waals surface area contributed by atoms with Crippen molar-refractivity contribution >= 4 is 50.3 Å². The normalized spacial score (nSPS) is 19.5. The first-order chi connectivity index (χ1) is 12.7. The van der Waals surface area contributed by atoms with Gasteiger partial charge in [-0.15, -0.1) is 11.3 Å². The lowest BCUT2D eigenvalue weighted by Crippen LogP contribution is -2.29. The van der Waals surface area contributed by atoms with Crippen LogP contribution >= 0.6 is 39.5 Å². The zero-order chi connectivity index (χ0) is 18.1. The molecule has 2 atom stereocenters. The van der Waals surface area contributed by atoms with Crippen molar-refractivity contribution in [3.8, 4) is 5.75 Å². The van der Waals surface area contributed by atoms with Crippen LogP contribution in [0.25, 0.3) is 0 Å². The minimum Gasteiger partial charge on any atom is -0.497 e. The summed E-state index contributed by atoms with van der Waals surface area (Å²) in [6.07, 6.45) is 1.82. The second-order valence-corrected chi connectivity index (χ2v) is 8.11. The molecule has 132 valence electrons. The Morgan fingerprint density at radius 1 is 1.23 bits per heavy atom. The third-order valence-corrected chi connectivity index (χ3v) is 6.39. The van der Waals surface area contributed by atoms with Gasteiger partial charge >= 0.3 is 0 Å².